The molecule has 0 N–H and O–H groups in total. The first-order chi connectivity index (χ1) is 14.7. The van der Waals surface area contributed by atoms with Gasteiger partial charge in [0, 0.05) is 31.9 Å². The van der Waals surface area contributed by atoms with Crippen molar-refractivity contribution in [2.45, 2.75) is 0 Å². The van der Waals surface area contributed by atoms with Gasteiger partial charge in [-0.25, -0.2) is 4.98 Å². The molecule has 0 unspecified atom stereocenters. The summed E-state index contributed by atoms with van der Waals surface area (Å²) in [5.74, 6) is 1.28. The molecule has 154 valence electrons. The number of nitrogens with zero attached hydrogens (tertiary/aromatic N) is 5. The van der Waals surface area contributed by atoms with Gasteiger partial charge in [-0.15, -0.1) is 0 Å². The maximum atomic E-state index is 11.9. The molecule has 0 saturated carbocycles. The fraction of sp³-hybridized carbons (Fsp3) is 0.238. The van der Waals surface area contributed by atoms with Crippen molar-refractivity contribution in [3.05, 3.63) is 71.0 Å². The Bertz CT molecular complexity index is 1010. The van der Waals surface area contributed by atoms with Crippen molar-refractivity contribution >= 4 is 17.2 Å². The molecular formula is C21H21N5O4. The van der Waals surface area contributed by atoms with Gasteiger partial charge in [0.2, 0.25) is 5.82 Å². The molecule has 4 rings (SSSR count). The van der Waals surface area contributed by atoms with E-state index in [0.29, 0.717) is 24.6 Å². The number of piperazine rings is 1. The van der Waals surface area contributed by atoms with Gasteiger partial charge in [0.1, 0.15) is 17.8 Å². The molecule has 0 atom stereocenters. The average Bonchev–Trinajstić information content (AvgIpc) is 2.80. The van der Waals surface area contributed by atoms with Crippen molar-refractivity contribution in [3.63, 3.8) is 0 Å². The van der Waals surface area contributed by atoms with Crippen molar-refractivity contribution in [1.82, 2.24) is 9.97 Å². The summed E-state index contributed by atoms with van der Waals surface area (Å²) in [6.07, 6.45) is 1.30. The third kappa shape index (κ3) is 4.09. The van der Waals surface area contributed by atoms with Crippen LogP contribution in [0.25, 0.3) is 0 Å². The Morgan fingerprint density at radius 3 is 2.17 bits per heavy atom. The molecule has 1 fully saturated rings. The first-order valence-corrected chi connectivity index (χ1v) is 9.52. The smallest absolute Gasteiger partial charge is 0.373 e. The minimum absolute atomic E-state index is 0.0827. The van der Waals surface area contributed by atoms with Crippen LogP contribution in [0.5, 0.6) is 17.4 Å². The molecular weight excluding hydrogens is 386 g/mol. The van der Waals surface area contributed by atoms with Crippen LogP contribution in [0.2, 0.25) is 0 Å². The quantitative estimate of drug-likeness (QED) is 0.453. The molecule has 2 aromatic carbocycles. The van der Waals surface area contributed by atoms with Gasteiger partial charge in [-0.3, -0.25) is 10.1 Å². The van der Waals surface area contributed by atoms with Crippen molar-refractivity contribution < 1.29 is 14.4 Å². The molecule has 0 bridgehead atoms. The zero-order valence-electron chi connectivity index (χ0n) is 16.5. The largest absolute Gasteiger partial charge is 0.497 e. The Labute approximate surface area is 173 Å². The molecule has 9 nitrogen and oxygen atoms in total. The summed E-state index contributed by atoms with van der Waals surface area (Å²) >= 11 is 0. The minimum atomic E-state index is -0.488. The van der Waals surface area contributed by atoms with Gasteiger partial charge in [-0.1, -0.05) is 18.2 Å². The topological polar surface area (TPSA) is 93.9 Å². The number of benzene rings is 2. The van der Waals surface area contributed by atoms with E-state index in [9.17, 15) is 10.1 Å². The normalized spacial score (nSPS) is 13.8. The summed E-state index contributed by atoms with van der Waals surface area (Å²) in [4.78, 5) is 23.7. The number of para-hydroxylation sites is 1. The van der Waals surface area contributed by atoms with E-state index in [2.05, 4.69) is 27.0 Å². The molecule has 3 aromatic rings. The number of rotatable bonds is 6. The predicted octanol–water partition coefficient (Wildman–Crippen LogP) is 3.51. The van der Waals surface area contributed by atoms with Crippen LogP contribution in [-0.4, -0.2) is 48.2 Å². The number of methoxy groups -OCH3 is 1. The van der Waals surface area contributed by atoms with E-state index in [4.69, 9.17) is 9.47 Å². The number of hydrogen-bond acceptors (Lipinski definition) is 8. The Balaban J connectivity index is 1.55. The SMILES string of the molecule is COc1ccc(Oc2ncnc(N3CCN(c4ccccc4)CC3)c2[N+](=O)[O-])cc1. The maximum Gasteiger partial charge on any atom is 0.373 e. The second kappa shape index (κ2) is 8.64. The Morgan fingerprint density at radius 2 is 1.53 bits per heavy atom. The van der Waals surface area contributed by atoms with Gasteiger partial charge in [0.05, 0.1) is 12.0 Å². The number of aromatic nitrogens is 2. The summed E-state index contributed by atoms with van der Waals surface area (Å²) in [6.45, 7) is 2.68. The maximum absolute atomic E-state index is 11.9. The van der Waals surface area contributed by atoms with E-state index >= 15 is 0 Å². The second-order valence-corrected chi connectivity index (χ2v) is 6.70. The van der Waals surface area contributed by atoms with E-state index in [0.717, 1.165) is 18.8 Å². The van der Waals surface area contributed by atoms with Crippen LogP contribution < -0.4 is 19.3 Å². The Hall–Kier alpha value is -3.88. The fourth-order valence-corrected chi connectivity index (χ4v) is 3.39. The molecule has 9 heteroatoms. The van der Waals surface area contributed by atoms with Crippen LogP contribution in [-0.2, 0) is 0 Å². The third-order valence-corrected chi connectivity index (χ3v) is 4.93. The van der Waals surface area contributed by atoms with Gasteiger partial charge in [0.15, 0.2) is 0 Å². The lowest BCUT2D eigenvalue weighted by atomic mass is 10.2. The van der Waals surface area contributed by atoms with E-state index in [1.807, 2.05) is 23.1 Å². The fourth-order valence-electron chi connectivity index (χ4n) is 3.39. The highest BCUT2D eigenvalue weighted by atomic mass is 16.6. The number of nitro groups is 1. The van der Waals surface area contributed by atoms with Crippen LogP contribution in [0.1, 0.15) is 0 Å². The molecule has 0 aliphatic carbocycles. The number of ether oxygens (including phenoxy) is 2. The van der Waals surface area contributed by atoms with Crippen molar-refractivity contribution in [3.8, 4) is 17.4 Å². The van der Waals surface area contributed by atoms with E-state index in [1.165, 1.54) is 6.33 Å². The lowest BCUT2D eigenvalue weighted by Crippen LogP contribution is -2.47. The summed E-state index contributed by atoms with van der Waals surface area (Å²) in [5.41, 5.74) is 0.902. The van der Waals surface area contributed by atoms with Crippen molar-refractivity contribution in [2.75, 3.05) is 43.1 Å². The molecule has 1 aliphatic rings. The van der Waals surface area contributed by atoms with E-state index < -0.39 is 4.92 Å². The van der Waals surface area contributed by atoms with Crippen molar-refractivity contribution in [1.29, 1.82) is 0 Å². The zero-order chi connectivity index (χ0) is 20.9. The molecule has 2 heterocycles. The van der Waals surface area contributed by atoms with Crippen LogP contribution in [0.15, 0.2) is 60.9 Å². The summed E-state index contributed by atoms with van der Waals surface area (Å²) in [7, 11) is 1.56. The zero-order valence-corrected chi connectivity index (χ0v) is 16.5. The molecule has 30 heavy (non-hydrogen) atoms. The van der Waals surface area contributed by atoms with Gasteiger partial charge in [-0.05, 0) is 36.4 Å². The van der Waals surface area contributed by atoms with Gasteiger partial charge in [-0.2, -0.15) is 4.98 Å². The first kappa shape index (κ1) is 19.4. The predicted molar refractivity (Wildman–Crippen MR) is 113 cm³/mol. The highest BCUT2D eigenvalue weighted by Gasteiger charge is 2.30. The lowest BCUT2D eigenvalue weighted by molar-refractivity contribution is -0.385. The average molecular weight is 407 g/mol. The summed E-state index contributed by atoms with van der Waals surface area (Å²) in [6, 6.07) is 16.9. The van der Waals surface area contributed by atoms with Crippen LogP contribution in [0, 0.1) is 10.1 Å². The molecule has 1 saturated heterocycles. The highest BCUT2D eigenvalue weighted by Crippen LogP contribution is 2.36. The molecule has 1 aliphatic heterocycles. The molecule has 0 radical (unpaired) electrons. The van der Waals surface area contributed by atoms with Gasteiger partial charge in [0.25, 0.3) is 0 Å². The third-order valence-electron chi connectivity index (χ3n) is 4.93. The van der Waals surface area contributed by atoms with Crippen molar-refractivity contribution in [2.24, 2.45) is 0 Å². The minimum Gasteiger partial charge on any atom is -0.497 e. The number of anilines is 2. The molecule has 1 aromatic heterocycles. The Kier molecular flexibility index (Phi) is 5.60. The highest BCUT2D eigenvalue weighted by molar-refractivity contribution is 5.64. The summed E-state index contributed by atoms with van der Waals surface area (Å²) < 4.78 is 10.8. The van der Waals surface area contributed by atoms with E-state index in [1.54, 1.807) is 31.4 Å². The number of hydrogen-bond donors (Lipinski definition) is 0. The summed E-state index contributed by atoms with van der Waals surface area (Å²) in [5, 5.41) is 11.9. The van der Waals surface area contributed by atoms with Crippen LogP contribution in [0.3, 0.4) is 0 Å². The van der Waals surface area contributed by atoms with Crippen LogP contribution >= 0.6 is 0 Å². The molecule has 0 spiro atoms. The first-order valence-electron chi connectivity index (χ1n) is 9.52. The standard InChI is InChI=1S/C21H21N5O4/c1-29-17-7-9-18(10-8-17)30-21-19(26(27)28)20(22-15-23-21)25-13-11-24(12-14-25)16-5-3-2-4-6-16/h2-10,15H,11-14H2,1H3. The van der Waals surface area contributed by atoms with E-state index in [-0.39, 0.29) is 17.4 Å². The van der Waals surface area contributed by atoms with Gasteiger partial charge >= 0.3 is 11.6 Å². The monoisotopic (exact) mass is 407 g/mol. The Morgan fingerprint density at radius 1 is 0.900 bits per heavy atom. The van der Waals surface area contributed by atoms with Crippen LogP contribution in [0.4, 0.5) is 17.2 Å². The lowest BCUT2D eigenvalue weighted by Gasteiger charge is -2.36. The second-order valence-electron chi connectivity index (χ2n) is 6.70. The van der Waals surface area contributed by atoms with Gasteiger partial charge < -0.3 is 19.3 Å². The molecule has 0 amide bonds.